The lowest BCUT2D eigenvalue weighted by atomic mass is 9.95. The molecule has 35 atom stereocenters. The second-order valence-corrected chi connectivity index (χ2v) is 22.3. The Morgan fingerprint density at radius 1 is 0.371 bits per heavy atom. The molecular weight excluding hydrogens is 1220 g/mol. The van der Waals surface area contributed by atoms with Crippen molar-refractivity contribution < 1.29 is 178 Å². The van der Waals surface area contributed by atoms with Crippen molar-refractivity contribution in [3.05, 3.63) is 33.9 Å². The number of nitrogens with one attached hydrogen (secondary N) is 1. The first-order valence-electron chi connectivity index (χ1n) is 28.3. The van der Waals surface area contributed by atoms with Crippen LogP contribution in [0.3, 0.4) is 0 Å². The Labute approximate surface area is 502 Å². The van der Waals surface area contributed by atoms with Crippen LogP contribution in [0.5, 0.6) is 0 Å². The first kappa shape index (κ1) is 70.3. The second kappa shape index (κ2) is 30.2. The van der Waals surface area contributed by atoms with Gasteiger partial charge in [0, 0.05) is 13.1 Å². The highest BCUT2D eigenvalue weighted by Crippen LogP contribution is 2.39. The zero-order chi connectivity index (χ0) is 64.6. The third-order valence-corrected chi connectivity index (χ3v) is 16.7. The maximum absolute atomic E-state index is 11.8. The standard InChI is InChI=1S/C50H78N2O37/c1-51-14-3-2-13(4-15(14)52(73)74)11-75-12-22-43-29(65)36(72)50(82-22)88-42-21(10-58)80-48(34(70)27(42)63)86-40-19(8-56)78-46(32(68)25(40)61)84-38-17(6-54)76-44(30(66)23(38)59)83-37-16(5-53)77-45(31(67)24(37)60)85-39-18(7-55)79-47(33(69)26(39)62)87-41-20(9-57)81-49(89-43)35(71)28(41)64/h2-4,16-51,53-72H,5-12H2,1H3/t16-,17-,18-,19-,20-,21-,22-,23-,24+,25-,26+,27-,28+,29-,30-,31+,32-,33+,34-,35+,36-,37-,38-,39-,40-,41-,42-,43-,44-,45-,46-,47-,48-,49-,50-/m1/s1. The van der Waals surface area contributed by atoms with Crippen molar-refractivity contribution in [3.63, 3.8) is 0 Å². The van der Waals surface area contributed by atoms with Crippen LogP contribution in [0.15, 0.2) is 18.2 Å². The van der Waals surface area contributed by atoms with Crippen molar-refractivity contribution in [1.82, 2.24) is 0 Å². The summed E-state index contributed by atoms with van der Waals surface area (Å²) in [5, 5.41) is 238. The molecule has 21 aliphatic rings. The molecule has 21 aliphatic heterocycles. The van der Waals surface area contributed by atoms with Crippen LogP contribution in [0.4, 0.5) is 11.4 Å². The van der Waals surface area contributed by atoms with Crippen LogP contribution in [0, 0.1) is 10.1 Å². The molecule has 14 bridgehead atoms. The van der Waals surface area contributed by atoms with E-state index < -0.39 is 273 Å². The first-order chi connectivity index (χ1) is 42.4. The summed E-state index contributed by atoms with van der Waals surface area (Å²) in [4.78, 5) is 11.2. The Morgan fingerprint density at radius 2 is 0.596 bits per heavy atom. The zero-order valence-corrected chi connectivity index (χ0v) is 46.9. The maximum atomic E-state index is 11.8. The molecule has 510 valence electrons. The van der Waals surface area contributed by atoms with Gasteiger partial charge < -0.3 is 179 Å². The molecular formula is C50H78N2O37. The average Bonchev–Trinajstić information content (AvgIpc) is 1.10. The number of rotatable bonds is 12. The average molecular weight is 1300 g/mol. The number of ether oxygens (including phenoxy) is 15. The number of anilines is 1. The smallest absolute Gasteiger partial charge is 0.292 e. The number of nitro benzene ring substituents is 1. The summed E-state index contributed by atoms with van der Waals surface area (Å²) in [6.45, 7) is -7.56. The summed E-state index contributed by atoms with van der Waals surface area (Å²) in [5.41, 5.74) is 0.0268. The molecule has 39 heteroatoms. The van der Waals surface area contributed by atoms with Crippen LogP contribution in [0.1, 0.15) is 5.56 Å². The van der Waals surface area contributed by atoms with Gasteiger partial charge in [0.15, 0.2) is 44.0 Å². The van der Waals surface area contributed by atoms with E-state index in [1.807, 2.05) is 0 Å². The molecule has 89 heavy (non-hydrogen) atoms. The summed E-state index contributed by atoms with van der Waals surface area (Å²) in [5.74, 6) is 0. The van der Waals surface area contributed by atoms with Gasteiger partial charge in [0.05, 0.1) is 57.8 Å². The van der Waals surface area contributed by atoms with Crippen molar-refractivity contribution in [2.24, 2.45) is 0 Å². The normalized spacial score (nSPS) is 49.4. The van der Waals surface area contributed by atoms with Gasteiger partial charge >= 0.3 is 0 Å². The van der Waals surface area contributed by atoms with Gasteiger partial charge in [0.2, 0.25) is 0 Å². The minimum atomic E-state index is -2.27. The van der Waals surface area contributed by atoms with E-state index in [4.69, 9.17) is 71.1 Å². The molecule has 0 amide bonds. The Hall–Kier alpha value is -2.98. The minimum Gasteiger partial charge on any atom is -0.394 e. The molecule has 0 aromatic heterocycles. The van der Waals surface area contributed by atoms with E-state index in [1.165, 1.54) is 25.2 Å². The van der Waals surface area contributed by atoms with Gasteiger partial charge in [0.25, 0.3) is 5.69 Å². The summed E-state index contributed by atoms with van der Waals surface area (Å²) < 4.78 is 86.9. The first-order valence-corrected chi connectivity index (χ1v) is 28.3. The molecule has 0 spiro atoms. The van der Waals surface area contributed by atoms with Crippen LogP contribution in [0.25, 0.3) is 0 Å². The zero-order valence-electron chi connectivity index (χ0n) is 46.9. The van der Waals surface area contributed by atoms with Gasteiger partial charge in [-0.2, -0.15) is 0 Å². The quantitative estimate of drug-likeness (QED) is 0.0682. The Morgan fingerprint density at radius 3 is 0.809 bits per heavy atom. The molecule has 21 fully saturated rings. The fraction of sp³-hybridized carbons (Fsp3) is 0.880. The fourth-order valence-corrected chi connectivity index (χ4v) is 11.7. The van der Waals surface area contributed by atoms with Crippen LogP contribution in [-0.4, -0.2) is 375 Å². The number of benzene rings is 1. The van der Waals surface area contributed by atoms with E-state index in [2.05, 4.69) is 5.32 Å². The third kappa shape index (κ3) is 14.4. The Bertz CT molecular complexity index is 2400. The van der Waals surface area contributed by atoms with Gasteiger partial charge in [0.1, 0.15) is 177 Å². The predicted molar refractivity (Wildman–Crippen MR) is 274 cm³/mol. The number of nitrogens with zero attached hydrogens (tertiary/aromatic N) is 1. The predicted octanol–water partition coefficient (Wildman–Crippen LogP) is -13.1. The highest BCUT2D eigenvalue weighted by molar-refractivity contribution is 5.62. The largest absolute Gasteiger partial charge is 0.394 e. The van der Waals surface area contributed by atoms with E-state index in [0.29, 0.717) is 0 Å². The molecule has 21 heterocycles. The lowest BCUT2D eigenvalue weighted by Crippen LogP contribution is -2.68. The van der Waals surface area contributed by atoms with Gasteiger partial charge in [-0.3, -0.25) is 10.1 Å². The highest BCUT2D eigenvalue weighted by Gasteiger charge is 2.59. The molecule has 21 N–H and O–H groups in total. The van der Waals surface area contributed by atoms with Gasteiger partial charge in [-0.05, 0) is 11.6 Å². The fourth-order valence-electron chi connectivity index (χ4n) is 11.7. The molecule has 0 unspecified atom stereocenters. The molecule has 0 saturated carbocycles. The van der Waals surface area contributed by atoms with Gasteiger partial charge in [-0.1, -0.05) is 6.07 Å². The Kier molecular flexibility index (Phi) is 23.9. The molecule has 0 radical (unpaired) electrons. The van der Waals surface area contributed by atoms with Crippen molar-refractivity contribution in [1.29, 1.82) is 0 Å². The van der Waals surface area contributed by atoms with Crippen molar-refractivity contribution >= 4 is 11.4 Å². The molecule has 22 rings (SSSR count). The monoisotopic (exact) mass is 1300 g/mol. The number of aliphatic hydroxyl groups is 20. The molecule has 1 aromatic rings. The molecule has 21 saturated heterocycles. The van der Waals surface area contributed by atoms with Crippen LogP contribution in [0.2, 0.25) is 0 Å². The highest BCUT2D eigenvalue weighted by atomic mass is 16.8. The molecule has 0 aliphatic carbocycles. The van der Waals surface area contributed by atoms with Gasteiger partial charge in [-0.25, -0.2) is 0 Å². The maximum Gasteiger partial charge on any atom is 0.292 e. The van der Waals surface area contributed by atoms with Gasteiger partial charge in [-0.15, -0.1) is 0 Å². The number of hydrogen-bond donors (Lipinski definition) is 21. The Balaban J connectivity index is 1.02. The second-order valence-electron chi connectivity index (χ2n) is 22.3. The molecule has 1 aromatic carbocycles. The summed E-state index contributed by atoms with van der Waals surface area (Å²) in [7, 11) is 1.45. The number of hydrogen-bond acceptors (Lipinski definition) is 38. The van der Waals surface area contributed by atoms with Crippen molar-refractivity contribution in [3.8, 4) is 0 Å². The van der Waals surface area contributed by atoms with E-state index >= 15 is 0 Å². The van der Waals surface area contributed by atoms with Crippen LogP contribution < -0.4 is 5.32 Å². The number of nitro groups is 1. The van der Waals surface area contributed by atoms with Crippen molar-refractivity contribution in [2.45, 2.75) is 222 Å². The van der Waals surface area contributed by atoms with E-state index in [9.17, 15) is 112 Å². The van der Waals surface area contributed by atoms with E-state index in [1.54, 1.807) is 0 Å². The summed E-state index contributed by atoms with van der Waals surface area (Å²) in [6, 6.07) is 4.03. The topological polar surface area (TPSA) is 598 Å². The number of aliphatic hydroxyl groups excluding tert-OH is 20. The lowest BCUT2D eigenvalue weighted by Gasteiger charge is -2.50. The van der Waals surface area contributed by atoms with E-state index in [-0.39, 0.29) is 16.9 Å². The minimum absolute atomic E-state index is 0.147. The van der Waals surface area contributed by atoms with Crippen LogP contribution in [-0.2, 0) is 77.7 Å². The van der Waals surface area contributed by atoms with Crippen molar-refractivity contribution in [2.75, 3.05) is 58.6 Å². The van der Waals surface area contributed by atoms with E-state index in [0.717, 1.165) is 0 Å². The third-order valence-electron chi connectivity index (χ3n) is 16.7. The summed E-state index contributed by atoms with van der Waals surface area (Å²) in [6.07, 6.45) is -71.6. The van der Waals surface area contributed by atoms with Crippen LogP contribution >= 0.6 is 0 Å². The molecule has 39 nitrogen and oxygen atoms in total. The summed E-state index contributed by atoms with van der Waals surface area (Å²) >= 11 is 0. The lowest BCUT2D eigenvalue weighted by molar-refractivity contribution is -0.397. The SMILES string of the molecule is CNc1ccc(COC[C@H]2O[C@@H]3O[C@H]4[C@H](O)[C@@H](O)[C@@H](O[C@H]5[C@H](O)[C@@H](O)[C@@H](O[C@H]6[C@H](O)[C@@H](O)[C@@H](O[C@H]7[C@@H](O)[C@H](O)[C@@H](O[C@H]8[C@@H](O)[C@H](O)[C@@H](O[C@H]9[C@@H](O)[C@H](O)[C@@H](O[C@H]2[C@H](O)[C@H]3O)O[C@@H]9CO)O[C@@H]8CO)O[C@@H]7CO)O[C@@H]6CO)O[C@@H]5CO)O[C@@H]4CO)cc1[N+](=O)[O-].